The average Bonchev–Trinajstić information content (AvgIpc) is 2.94. The Labute approximate surface area is 160 Å². The van der Waals surface area contributed by atoms with Crippen LogP contribution >= 0.6 is 11.8 Å². The van der Waals surface area contributed by atoms with Crippen LogP contribution in [0.4, 0.5) is 9.18 Å². The van der Waals surface area contributed by atoms with E-state index in [-0.39, 0.29) is 23.6 Å². The fraction of sp³-hybridized carbons (Fsp3) is 0.200. The Balaban J connectivity index is 1.76. The fourth-order valence-corrected chi connectivity index (χ4v) is 3.46. The van der Waals surface area contributed by atoms with E-state index >= 15 is 0 Å². The van der Waals surface area contributed by atoms with Gasteiger partial charge in [0.25, 0.3) is 11.1 Å². The number of rotatable bonds is 6. The quantitative estimate of drug-likeness (QED) is 0.685. The zero-order valence-electron chi connectivity index (χ0n) is 14.9. The molecule has 0 aliphatic carbocycles. The summed E-state index contributed by atoms with van der Waals surface area (Å²) in [6.07, 6.45) is 1.66. The summed E-state index contributed by atoms with van der Waals surface area (Å²) in [6, 6.07) is 11.3. The van der Waals surface area contributed by atoms with Crippen molar-refractivity contribution in [3.8, 4) is 11.5 Å². The Hall–Kier alpha value is -2.80. The van der Waals surface area contributed by atoms with Crippen molar-refractivity contribution in [3.63, 3.8) is 0 Å². The van der Waals surface area contributed by atoms with Crippen LogP contribution in [0, 0.1) is 5.82 Å². The van der Waals surface area contributed by atoms with E-state index in [0.717, 1.165) is 22.9 Å². The third-order valence-electron chi connectivity index (χ3n) is 3.98. The van der Waals surface area contributed by atoms with Crippen LogP contribution in [0.25, 0.3) is 6.08 Å². The lowest BCUT2D eigenvalue weighted by Crippen LogP contribution is -2.27. The summed E-state index contributed by atoms with van der Waals surface area (Å²) in [6.45, 7) is 2.38. The summed E-state index contributed by atoms with van der Waals surface area (Å²) in [5, 5.41) is -0.264. The van der Waals surface area contributed by atoms with Crippen LogP contribution in [0.3, 0.4) is 0 Å². The van der Waals surface area contributed by atoms with Crippen molar-refractivity contribution in [2.75, 3.05) is 13.7 Å². The minimum Gasteiger partial charge on any atom is -0.493 e. The van der Waals surface area contributed by atoms with Gasteiger partial charge in [-0.1, -0.05) is 18.2 Å². The molecule has 0 radical (unpaired) electrons. The van der Waals surface area contributed by atoms with E-state index in [4.69, 9.17) is 9.47 Å². The number of methoxy groups -OCH3 is 1. The highest BCUT2D eigenvalue weighted by Gasteiger charge is 2.33. The summed E-state index contributed by atoms with van der Waals surface area (Å²) in [7, 11) is 1.52. The van der Waals surface area contributed by atoms with Crippen molar-refractivity contribution in [1.82, 2.24) is 4.90 Å². The summed E-state index contributed by atoms with van der Waals surface area (Å²) < 4.78 is 24.1. The maximum absolute atomic E-state index is 13.0. The SMILES string of the molecule is CCN1C(=O)S/C(=C/c2ccc(OCc3ccc(F)cc3)c(OC)c2)C1=O. The molecule has 0 saturated carbocycles. The maximum Gasteiger partial charge on any atom is 0.293 e. The summed E-state index contributed by atoms with van der Waals surface area (Å²) in [5.74, 6) is 0.442. The molecule has 140 valence electrons. The van der Waals surface area contributed by atoms with E-state index in [1.54, 1.807) is 43.3 Å². The number of hydrogen-bond acceptors (Lipinski definition) is 5. The van der Waals surface area contributed by atoms with Crippen LogP contribution in [0.1, 0.15) is 18.1 Å². The number of imide groups is 1. The molecular formula is C20H18FNO4S. The smallest absolute Gasteiger partial charge is 0.293 e. The van der Waals surface area contributed by atoms with Crippen LogP contribution in [0.2, 0.25) is 0 Å². The predicted octanol–water partition coefficient (Wildman–Crippen LogP) is 4.47. The summed E-state index contributed by atoms with van der Waals surface area (Å²) in [5.41, 5.74) is 1.55. The number of halogens is 1. The molecule has 7 heteroatoms. The standard InChI is InChI=1S/C20H18FNO4S/c1-3-22-19(23)18(27-20(22)24)11-14-6-9-16(17(10-14)25-2)26-12-13-4-7-15(21)8-5-13/h4-11H,3,12H2,1-2H3/b18-11+. The van der Waals surface area contributed by atoms with Crippen molar-refractivity contribution in [2.24, 2.45) is 0 Å². The van der Waals surface area contributed by atoms with Crippen molar-refractivity contribution in [1.29, 1.82) is 0 Å². The minimum absolute atomic E-state index is 0.264. The first-order valence-electron chi connectivity index (χ1n) is 8.32. The number of thioether (sulfide) groups is 1. The van der Waals surface area contributed by atoms with Gasteiger partial charge in [0.05, 0.1) is 12.0 Å². The zero-order valence-corrected chi connectivity index (χ0v) is 15.7. The van der Waals surface area contributed by atoms with Gasteiger partial charge in [0.1, 0.15) is 12.4 Å². The normalized spacial score (nSPS) is 15.5. The van der Waals surface area contributed by atoms with Crippen molar-refractivity contribution in [3.05, 3.63) is 64.3 Å². The molecule has 1 saturated heterocycles. The molecular weight excluding hydrogens is 369 g/mol. The van der Waals surface area contributed by atoms with Crippen LogP contribution in [-0.4, -0.2) is 29.7 Å². The molecule has 0 aromatic heterocycles. The van der Waals surface area contributed by atoms with Crippen LogP contribution in [0.15, 0.2) is 47.4 Å². The minimum atomic E-state index is -0.298. The molecule has 1 aliphatic heterocycles. The largest absolute Gasteiger partial charge is 0.493 e. The molecule has 0 spiro atoms. The molecule has 2 aromatic rings. The van der Waals surface area contributed by atoms with E-state index in [2.05, 4.69) is 0 Å². The Morgan fingerprint density at radius 3 is 2.48 bits per heavy atom. The molecule has 1 aliphatic rings. The molecule has 2 amide bonds. The van der Waals surface area contributed by atoms with E-state index in [1.165, 1.54) is 24.1 Å². The highest BCUT2D eigenvalue weighted by molar-refractivity contribution is 8.18. The first kappa shape index (κ1) is 19.0. The van der Waals surface area contributed by atoms with Gasteiger partial charge in [-0.2, -0.15) is 0 Å². The van der Waals surface area contributed by atoms with Crippen LogP contribution in [0.5, 0.6) is 11.5 Å². The molecule has 0 bridgehead atoms. The number of hydrogen-bond donors (Lipinski definition) is 0. The number of ether oxygens (including phenoxy) is 2. The summed E-state index contributed by atoms with van der Waals surface area (Å²) in [4.78, 5) is 25.6. The van der Waals surface area contributed by atoms with Crippen molar-refractivity contribution >= 4 is 29.0 Å². The van der Waals surface area contributed by atoms with E-state index in [9.17, 15) is 14.0 Å². The molecule has 5 nitrogen and oxygen atoms in total. The lowest BCUT2D eigenvalue weighted by atomic mass is 10.1. The number of carbonyl (C=O) groups is 2. The molecule has 3 rings (SSSR count). The molecule has 0 N–H and O–H groups in total. The van der Waals surface area contributed by atoms with E-state index in [1.807, 2.05) is 0 Å². The lowest BCUT2D eigenvalue weighted by Gasteiger charge is -2.11. The van der Waals surface area contributed by atoms with Crippen molar-refractivity contribution in [2.45, 2.75) is 13.5 Å². The average molecular weight is 387 g/mol. The molecule has 1 fully saturated rings. The second-order valence-electron chi connectivity index (χ2n) is 5.75. The first-order valence-corrected chi connectivity index (χ1v) is 9.14. The monoisotopic (exact) mass is 387 g/mol. The van der Waals surface area contributed by atoms with Gasteiger partial charge in [-0.05, 0) is 60.2 Å². The topological polar surface area (TPSA) is 55.8 Å². The number of carbonyl (C=O) groups excluding carboxylic acids is 2. The second-order valence-corrected chi connectivity index (χ2v) is 6.74. The second kappa shape index (κ2) is 8.26. The number of amides is 2. The number of nitrogens with zero attached hydrogens (tertiary/aromatic N) is 1. The summed E-state index contributed by atoms with van der Waals surface area (Å²) >= 11 is 0.923. The zero-order chi connectivity index (χ0) is 19.4. The van der Waals surface area contributed by atoms with Gasteiger partial charge in [-0.25, -0.2) is 4.39 Å². The van der Waals surface area contributed by atoms with Gasteiger partial charge in [0.2, 0.25) is 0 Å². The van der Waals surface area contributed by atoms with Crippen LogP contribution in [-0.2, 0) is 11.4 Å². The Morgan fingerprint density at radius 1 is 1.11 bits per heavy atom. The molecule has 2 aromatic carbocycles. The highest BCUT2D eigenvalue weighted by atomic mass is 32.2. The fourth-order valence-electron chi connectivity index (χ4n) is 2.56. The van der Waals surface area contributed by atoms with Crippen molar-refractivity contribution < 1.29 is 23.5 Å². The maximum atomic E-state index is 13.0. The van der Waals surface area contributed by atoms with E-state index in [0.29, 0.717) is 22.9 Å². The molecule has 0 unspecified atom stereocenters. The first-order chi connectivity index (χ1) is 13.0. The highest BCUT2D eigenvalue weighted by Crippen LogP contribution is 2.34. The Kier molecular flexibility index (Phi) is 5.81. The van der Waals surface area contributed by atoms with Gasteiger partial charge in [0.15, 0.2) is 11.5 Å². The molecule has 0 atom stereocenters. The van der Waals surface area contributed by atoms with Crippen LogP contribution < -0.4 is 9.47 Å². The number of benzene rings is 2. The third kappa shape index (κ3) is 4.31. The Bertz CT molecular complexity index is 895. The van der Waals surface area contributed by atoms with Gasteiger partial charge >= 0.3 is 0 Å². The van der Waals surface area contributed by atoms with E-state index < -0.39 is 0 Å². The Morgan fingerprint density at radius 2 is 1.85 bits per heavy atom. The lowest BCUT2D eigenvalue weighted by molar-refractivity contribution is -0.122. The van der Waals surface area contributed by atoms with Gasteiger partial charge in [0, 0.05) is 6.54 Å². The third-order valence-corrected chi connectivity index (χ3v) is 4.89. The predicted molar refractivity (Wildman–Crippen MR) is 102 cm³/mol. The van der Waals surface area contributed by atoms with Gasteiger partial charge in [-0.3, -0.25) is 14.5 Å². The van der Waals surface area contributed by atoms with Gasteiger partial charge < -0.3 is 9.47 Å². The van der Waals surface area contributed by atoms with Gasteiger partial charge in [-0.15, -0.1) is 0 Å². The molecule has 27 heavy (non-hydrogen) atoms. The number of likely N-dealkylation sites (N-methyl/N-ethyl adjacent to an activating group) is 1. The molecule has 1 heterocycles.